The van der Waals surface area contributed by atoms with Gasteiger partial charge in [0.25, 0.3) is 0 Å². The number of amides is 3. The molecule has 144 valence electrons. The van der Waals surface area contributed by atoms with Crippen molar-refractivity contribution in [2.75, 3.05) is 12.8 Å². The Bertz CT molecular complexity index is 820. The van der Waals surface area contributed by atoms with Crippen LogP contribution in [0, 0.1) is 5.82 Å². The van der Waals surface area contributed by atoms with Crippen molar-refractivity contribution in [3.8, 4) is 11.4 Å². The molecule has 1 aliphatic carbocycles. The number of hydrogen-bond donors (Lipinski definition) is 2. The molecule has 0 radical (unpaired) electrons. The quantitative estimate of drug-likeness (QED) is 0.765. The highest BCUT2D eigenvalue weighted by atomic mass is 32.2. The van der Waals surface area contributed by atoms with Crippen molar-refractivity contribution in [1.82, 2.24) is 25.4 Å². The second-order valence-electron chi connectivity index (χ2n) is 6.36. The maximum Gasteiger partial charge on any atom is 0.321 e. The van der Waals surface area contributed by atoms with Crippen molar-refractivity contribution in [1.29, 1.82) is 0 Å². The van der Waals surface area contributed by atoms with Gasteiger partial charge in [-0.1, -0.05) is 43.2 Å². The van der Waals surface area contributed by atoms with Crippen molar-refractivity contribution in [2.45, 2.75) is 43.3 Å². The van der Waals surface area contributed by atoms with Crippen molar-refractivity contribution in [3.05, 3.63) is 30.1 Å². The van der Waals surface area contributed by atoms with E-state index >= 15 is 0 Å². The van der Waals surface area contributed by atoms with Gasteiger partial charge in [-0.05, 0) is 25.0 Å². The number of urea groups is 1. The highest BCUT2D eigenvalue weighted by Gasteiger charge is 2.25. The zero-order valence-corrected chi connectivity index (χ0v) is 15.9. The minimum absolute atomic E-state index is 0.0234. The third-order valence-electron chi connectivity index (χ3n) is 4.53. The fraction of sp³-hybridized carbons (Fsp3) is 0.444. The normalized spacial score (nSPS) is 14.7. The van der Waals surface area contributed by atoms with Crippen molar-refractivity contribution in [3.63, 3.8) is 0 Å². The first-order chi connectivity index (χ1) is 13.1. The zero-order chi connectivity index (χ0) is 19.2. The number of aromatic nitrogens is 3. The monoisotopic (exact) mass is 391 g/mol. The van der Waals surface area contributed by atoms with E-state index in [1.165, 1.54) is 31.3 Å². The fourth-order valence-electron chi connectivity index (χ4n) is 3.23. The minimum Gasteiger partial charge on any atom is -0.341 e. The van der Waals surface area contributed by atoms with Gasteiger partial charge in [0.2, 0.25) is 5.91 Å². The summed E-state index contributed by atoms with van der Waals surface area (Å²) in [7, 11) is 1.44. The molecule has 0 unspecified atom stereocenters. The van der Waals surface area contributed by atoms with Gasteiger partial charge >= 0.3 is 6.03 Å². The molecule has 1 aromatic heterocycles. The van der Waals surface area contributed by atoms with E-state index in [1.54, 1.807) is 18.2 Å². The number of rotatable bonds is 5. The van der Waals surface area contributed by atoms with Crippen LogP contribution in [0.25, 0.3) is 11.4 Å². The van der Waals surface area contributed by atoms with Gasteiger partial charge in [-0.3, -0.25) is 14.7 Å². The molecule has 7 nitrogen and oxygen atoms in total. The molecule has 2 N–H and O–H groups in total. The Morgan fingerprint density at radius 2 is 1.96 bits per heavy atom. The number of thioether (sulfide) groups is 1. The molecule has 1 aromatic carbocycles. The Labute approximate surface area is 161 Å². The Morgan fingerprint density at radius 1 is 1.22 bits per heavy atom. The highest BCUT2D eigenvalue weighted by molar-refractivity contribution is 7.99. The van der Waals surface area contributed by atoms with E-state index < -0.39 is 11.9 Å². The van der Waals surface area contributed by atoms with Gasteiger partial charge in [-0.2, -0.15) is 0 Å². The molecule has 3 amide bonds. The van der Waals surface area contributed by atoms with E-state index in [0.717, 1.165) is 25.7 Å². The van der Waals surface area contributed by atoms with Crippen LogP contribution < -0.4 is 10.6 Å². The molecule has 0 atom stereocenters. The van der Waals surface area contributed by atoms with Gasteiger partial charge < -0.3 is 5.32 Å². The number of hydrogen-bond acceptors (Lipinski definition) is 5. The van der Waals surface area contributed by atoms with Crippen LogP contribution in [-0.4, -0.2) is 39.5 Å². The standard InChI is InChI=1S/C18H22FN5O2S/c1-20-17(26)21-15(25)11-27-18-23-22-16(13-9-5-6-10-14(13)19)24(18)12-7-3-2-4-8-12/h5-6,9-10,12H,2-4,7-8,11H2,1H3,(H2,20,21,25,26). The number of nitrogens with one attached hydrogen (secondary N) is 2. The topological polar surface area (TPSA) is 88.9 Å². The average Bonchev–Trinajstić information content (AvgIpc) is 3.11. The molecular formula is C18H22FN5O2S. The summed E-state index contributed by atoms with van der Waals surface area (Å²) >= 11 is 1.20. The van der Waals surface area contributed by atoms with Crippen LogP contribution in [0.4, 0.5) is 9.18 Å². The number of nitrogens with zero attached hydrogens (tertiary/aromatic N) is 3. The smallest absolute Gasteiger partial charge is 0.321 e. The highest BCUT2D eigenvalue weighted by Crippen LogP contribution is 2.36. The van der Waals surface area contributed by atoms with Crippen LogP contribution in [0.15, 0.2) is 29.4 Å². The van der Waals surface area contributed by atoms with Crippen molar-refractivity contribution in [2.24, 2.45) is 0 Å². The SMILES string of the molecule is CNC(=O)NC(=O)CSc1nnc(-c2ccccc2F)n1C1CCCCC1. The van der Waals surface area contributed by atoms with E-state index in [2.05, 4.69) is 20.8 Å². The number of imide groups is 1. The second-order valence-corrected chi connectivity index (χ2v) is 7.31. The second kappa shape index (κ2) is 8.98. The maximum atomic E-state index is 14.3. The van der Waals surface area contributed by atoms with Gasteiger partial charge in [0.05, 0.1) is 11.3 Å². The first-order valence-electron chi connectivity index (χ1n) is 8.94. The van der Waals surface area contributed by atoms with E-state index in [-0.39, 0.29) is 17.6 Å². The molecular weight excluding hydrogens is 369 g/mol. The van der Waals surface area contributed by atoms with Crippen molar-refractivity contribution >= 4 is 23.7 Å². The summed E-state index contributed by atoms with van der Waals surface area (Å²) in [5, 5.41) is 13.5. The molecule has 2 aromatic rings. The van der Waals surface area contributed by atoms with Crippen LogP contribution in [0.5, 0.6) is 0 Å². The summed E-state index contributed by atoms with van der Waals surface area (Å²) in [4.78, 5) is 23.1. The summed E-state index contributed by atoms with van der Waals surface area (Å²) in [5.41, 5.74) is 0.400. The molecule has 0 spiro atoms. The lowest BCUT2D eigenvalue weighted by atomic mass is 9.95. The molecule has 1 saturated carbocycles. The third-order valence-corrected chi connectivity index (χ3v) is 5.47. The van der Waals surface area contributed by atoms with Gasteiger partial charge in [0.15, 0.2) is 11.0 Å². The maximum absolute atomic E-state index is 14.3. The first kappa shape index (κ1) is 19.3. The summed E-state index contributed by atoms with van der Waals surface area (Å²) in [5.74, 6) is -0.273. The first-order valence-corrected chi connectivity index (χ1v) is 9.93. The molecule has 0 saturated heterocycles. The van der Waals surface area contributed by atoms with E-state index in [4.69, 9.17) is 0 Å². The van der Waals surface area contributed by atoms with Gasteiger partial charge in [0.1, 0.15) is 5.82 Å². The Balaban J connectivity index is 1.86. The molecule has 3 rings (SSSR count). The molecule has 0 bridgehead atoms. The Kier molecular flexibility index (Phi) is 6.44. The average molecular weight is 391 g/mol. The predicted molar refractivity (Wildman–Crippen MR) is 101 cm³/mol. The summed E-state index contributed by atoms with van der Waals surface area (Å²) in [6.45, 7) is 0. The van der Waals surface area contributed by atoms with Crippen LogP contribution >= 0.6 is 11.8 Å². The zero-order valence-electron chi connectivity index (χ0n) is 15.1. The lowest BCUT2D eigenvalue weighted by molar-refractivity contribution is -0.117. The predicted octanol–water partition coefficient (Wildman–Crippen LogP) is 3.14. The fourth-order valence-corrected chi connectivity index (χ4v) is 4.03. The Morgan fingerprint density at radius 3 is 2.67 bits per heavy atom. The largest absolute Gasteiger partial charge is 0.341 e. The van der Waals surface area contributed by atoms with Crippen LogP contribution in [0.2, 0.25) is 0 Å². The van der Waals surface area contributed by atoms with Crippen LogP contribution in [-0.2, 0) is 4.79 Å². The van der Waals surface area contributed by atoms with Crippen LogP contribution in [0.3, 0.4) is 0 Å². The Hall–Kier alpha value is -2.42. The molecule has 1 fully saturated rings. The minimum atomic E-state index is -0.554. The third kappa shape index (κ3) is 4.65. The molecule has 0 aliphatic heterocycles. The van der Waals surface area contributed by atoms with Gasteiger partial charge in [0, 0.05) is 13.1 Å². The lowest BCUT2D eigenvalue weighted by Crippen LogP contribution is -2.38. The molecule has 1 heterocycles. The molecule has 1 aliphatic rings. The summed E-state index contributed by atoms with van der Waals surface area (Å²) in [6.07, 6.45) is 5.32. The van der Waals surface area contributed by atoms with E-state index in [1.807, 2.05) is 4.57 Å². The number of benzene rings is 1. The summed E-state index contributed by atoms with van der Waals surface area (Å²) in [6, 6.07) is 6.11. The summed E-state index contributed by atoms with van der Waals surface area (Å²) < 4.78 is 16.3. The lowest BCUT2D eigenvalue weighted by Gasteiger charge is -2.25. The van der Waals surface area contributed by atoms with E-state index in [9.17, 15) is 14.0 Å². The molecule has 27 heavy (non-hydrogen) atoms. The van der Waals surface area contributed by atoms with Crippen molar-refractivity contribution < 1.29 is 14.0 Å². The van der Waals surface area contributed by atoms with Crippen LogP contribution in [0.1, 0.15) is 38.1 Å². The van der Waals surface area contributed by atoms with Gasteiger partial charge in [-0.15, -0.1) is 10.2 Å². The number of halogens is 1. The van der Waals surface area contributed by atoms with Gasteiger partial charge in [-0.25, -0.2) is 9.18 Å². The van der Waals surface area contributed by atoms with E-state index in [0.29, 0.717) is 16.5 Å². The molecule has 9 heteroatoms. The number of carbonyl (C=O) groups excluding carboxylic acids is 2. The number of carbonyl (C=O) groups is 2.